The number of rotatable bonds is 8. The number of hydrazine groups is 1. The first-order chi connectivity index (χ1) is 10.2. The van der Waals surface area contributed by atoms with Crippen molar-refractivity contribution in [2.45, 2.75) is 37.2 Å². The Balaban J connectivity index is 1.90. The summed E-state index contributed by atoms with van der Waals surface area (Å²) >= 11 is 1.64. The summed E-state index contributed by atoms with van der Waals surface area (Å²) < 4.78 is 14.8. The lowest BCUT2D eigenvalue weighted by Gasteiger charge is -2.15. The van der Waals surface area contributed by atoms with Crippen molar-refractivity contribution in [1.29, 1.82) is 0 Å². The van der Waals surface area contributed by atoms with Gasteiger partial charge in [0.15, 0.2) is 0 Å². The molecule has 1 unspecified atom stereocenters. The quantitative estimate of drug-likeness (QED) is 0.443. The molecule has 0 amide bonds. The topological polar surface area (TPSA) is 68.8 Å². The van der Waals surface area contributed by atoms with Crippen molar-refractivity contribution in [2.75, 3.05) is 5.75 Å². The highest BCUT2D eigenvalue weighted by Gasteiger charge is 2.13. The molecule has 0 aliphatic rings. The fourth-order valence-electron chi connectivity index (χ4n) is 1.96. The van der Waals surface area contributed by atoms with E-state index >= 15 is 0 Å². The van der Waals surface area contributed by atoms with Crippen LogP contribution >= 0.6 is 11.8 Å². The van der Waals surface area contributed by atoms with Gasteiger partial charge in [-0.05, 0) is 30.7 Å². The predicted octanol–water partition coefficient (Wildman–Crippen LogP) is 1.99. The molecule has 5 nitrogen and oxygen atoms in total. The van der Waals surface area contributed by atoms with Crippen molar-refractivity contribution >= 4 is 11.8 Å². The van der Waals surface area contributed by atoms with Gasteiger partial charge in [-0.2, -0.15) is 5.10 Å². The number of hydrogen-bond acceptors (Lipinski definition) is 5. The second-order valence-electron chi connectivity index (χ2n) is 4.73. The molecule has 0 bridgehead atoms. The highest BCUT2D eigenvalue weighted by molar-refractivity contribution is 7.99. The van der Waals surface area contributed by atoms with Crippen LogP contribution < -0.4 is 11.3 Å². The van der Waals surface area contributed by atoms with Crippen LogP contribution in [0.1, 0.15) is 19.2 Å². The highest BCUT2D eigenvalue weighted by atomic mass is 32.2. The monoisotopic (exact) mass is 309 g/mol. The summed E-state index contributed by atoms with van der Waals surface area (Å²) in [5, 5.41) is 4.21. The zero-order valence-electron chi connectivity index (χ0n) is 12.0. The zero-order valence-corrected chi connectivity index (χ0v) is 12.8. The molecule has 2 rings (SSSR count). The number of thioether (sulfide) groups is 1. The molecule has 2 aromatic rings. The number of nitrogens with one attached hydrogen (secondary N) is 1. The van der Waals surface area contributed by atoms with E-state index in [1.807, 2.05) is 4.68 Å². The maximum Gasteiger partial charge on any atom is 0.138 e. The molecule has 114 valence electrons. The summed E-state index contributed by atoms with van der Waals surface area (Å²) in [4.78, 5) is 5.31. The molecular formula is C14H20FN5S. The SMILES string of the molecule is CCCn1ncnc1CC(CSc1ccc(F)cc1)NN. The molecule has 1 aromatic heterocycles. The van der Waals surface area contributed by atoms with E-state index in [2.05, 4.69) is 22.4 Å². The van der Waals surface area contributed by atoms with E-state index in [-0.39, 0.29) is 11.9 Å². The largest absolute Gasteiger partial charge is 0.271 e. The van der Waals surface area contributed by atoms with E-state index in [9.17, 15) is 4.39 Å². The summed E-state index contributed by atoms with van der Waals surface area (Å²) in [6.07, 6.45) is 3.30. The molecule has 1 heterocycles. The summed E-state index contributed by atoms with van der Waals surface area (Å²) in [5.74, 6) is 7.11. The Labute approximate surface area is 128 Å². The van der Waals surface area contributed by atoms with Gasteiger partial charge < -0.3 is 0 Å². The van der Waals surface area contributed by atoms with Gasteiger partial charge >= 0.3 is 0 Å². The first-order valence-corrected chi connectivity index (χ1v) is 7.92. The zero-order chi connectivity index (χ0) is 15.1. The summed E-state index contributed by atoms with van der Waals surface area (Å²) in [6, 6.07) is 6.55. The second kappa shape index (κ2) is 8.11. The normalized spacial score (nSPS) is 12.5. The first kappa shape index (κ1) is 15.9. The molecule has 0 fully saturated rings. The number of aromatic nitrogens is 3. The maximum absolute atomic E-state index is 12.9. The van der Waals surface area contributed by atoms with E-state index in [4.69, 9.17) is 5.84 Å². The maximum atomic E-state index is 12.9. The molecule has 0 saturated carbocycles. The van der Waals surface area contributed by atoms with Crippen LogP contribution in [0, 0.1) is 5.82 Å². The molecule has 0 spiro atoms. The fourth-order valence-corrected chi connectivity index (χ4v) is 2.89. The molecule has 0 saturated heterocycles. The van der Waals surface area contributed by atoms with Crippen LogP contribution in [-0.2, 0) is 13.0 Å². The molecule has 0 aliphatic heterocycles. The van der Waals surface area contributed by atoms with Crippen molar-refractivity contribution in [1.82, 2.24) is 20.2 Å². The third-order valence-corrected chi connectivity index (χ3v) is 4.24. The number of aryl methyl sites for hydroxylation is 1. The minimum atomic E-state index is -0.222. The molecule has 21 heavy (non-hydrogen) atoms. The van der Waals surface area contributed by atoms with Crippen molar-refractivity contribution < 1.29 is 4.39 Å². The van der Waals surface area contributed by atoms with Crippen LogP contribution in [0.2, 0.25) is 0 Å². The van der Waals surface area contributed by atoms with Crippen molar-refractivity contribution in [2.24, 2.45) is 5.84 Å². The van der Waals surface area contributed by atoms with Gasteiger partial charge in [-0.3, -0.25) is 16.0 Å². The van der Waals surface area contributed by atoms with Gasteiger partial charge in [0.25, 0.3) is 0 Å². The van der Waals surface area contributed by atoms with Crippen molar-refractivity contribution in [3.05, 3.63) is 42.2 Å². The smallest absolute Gasteiger partial charge is 0.138 e. The van der Waals surface area contributed by atoms with Gasteiger partial charge in [-0.1, -0.05) is 6.92 Å². The Bertz CT molecular complexity index is 543. The minimum absolute atomic E-state index is 0.0832. The Morgan fingerprint density at radius 1 is 1.38 bits per heavy atom. The van der Waals surface area contributed by atoms with Gasteiger partial charge in [0, 0.05) is 29.7 Å². The Hall–Kier alpha value is -1.44. The summed E-state index contributed by atoms with van der Waals surface area (Å²) in [5.41, 5.74) is 2.82. The van der Waals surface area contributed by atoms with E-state index < -0.39 is 0 Å². The molecule has 3 N–H and O–H groups in total. The minimum Gasteiger partial charge on any atom is -0.271 e. The van der Waals surface area contributed by atoms with E-state index in [1.54, 1.807) is 30.2 Å². The molecule has 0 radical (unpaired) electrons. The number of benzene rings is 1. The third kappa shape index (κ3) is 4.80. The van der Waals surface area contributed by atoms with Crippen LogP contribution in [0.3, 0.4) is 0 Å². The second-order valence-corrected chi connectivity index (χ2v) is 5.83. The number of hydrogen-bond donors (Lipinski definition) is 2. The van der Waals surface area contributed by atoms with Gasteiger partial charge in [-0.15, -0.1) is 11.8 Å². The van der Waals surface area contributed by atoms with Gasteiger partial charge in [0.05, 0.1) is 0 Å². The number of nitrogens with zero attached hydrogens (tertiary/aromatic N) is 3. The van der Waals surface area contributed by atoms with Crippen LogP contribution in [0.25, 0.3) is 0 Å². The van der Waals surface area contributed by atoms with Crippen LogP contribution in [0.4, 0.5) is 4.39 Å². The van der Waals surface area contributed by atoms with Gasteiger partial charge in [-0.25, -0.2) is 9.37 Å². The highest BCUT2D eigenvalue weighted by Crippen LogP contribution is 2.19. The summed E-state index contributed by atoms with van der Waals surface area (Å²) in [7, 11) is 0. The molecule has 0 aliphatic carbocycles. The molecule has 1 aromatic carbocycles. The van der Waals surface area contributed by atoms with E-state index in [1.165, 1.54) is 12.1 Å². The van der Waals surface area contributed by atoms with Crippen molar-refractivity contribution in [3.8, 4) is 0 Å². The Morgan fingerprint density at radius 2 is 2.14 bits per heavy atom. The number of nitrogens with two attached hydrogens (primary N) is 1. The van der Waals surface area contributed by atoms with Crippen molar-refractivity contribution in [3.63, 3.8) is 0 Å². The van der Waals surface area contributed by atoms with Crippen LogP contribution in [0.15, 0.2) is 35.5 Å². The first-order valence-electron chi connectivity index (χ1n) is 6.94. The third-order valence-electron chi connectivity index (χ3n) is 3.06. The lowest BCUT2D eigenvalue weighted by molar-refractivity contribution is 0.513. The standard InChI is InChI=1S/C14H20FN5S/c1-2-7-20-14(17-10-18-20)8-12(19-16)9-21-13-5-3-11(15)4-6-13/h3-6,10,12,19H,2,7-9,16H2,1H3. The van der Waals surface area contributed by atoms with E-state index in [0.717, 1.165) is 29.4 Å². The average Bonchev–Trinajstić information content (AvgIpc) is 2.92. The summed E-state index contributed by atoms with van der Waals surface area (Å²) in [6.45, 7) is 2.96. The van der Waals surface area contributed by atoms with Crippen LogP contribution in [0.5, 0.6) is 0 Å². The lowest BCUT2D eigenvalue weighted by Crippen LogP contribution is -2.39. The fraction of sp³-hybridized carbons (Fsp3) is 0.429. The average molecular weight is 309 g/mol. The van der Waals surface area contributed by atoms with Gasteiger partial charge in [0.2, 0.25) is 0 Å². The molecular weight excluding hydrogens is 289 g/mol. The predicted molar refractivity (Wildman–Crippen MR) is 82.3 cm³/mol. The molecule has 7 heteroatoms. The Morgan fingerprint density at radius 3 is 2.81 bits per heavy atom. The Kier molecular flexibility index (Phi) is 6.16. The lowest BCUT2D eigenvalue weighted by atomic mass is 10.2. The number of halogens is 1. The van der Waals surface area contributed by atoms with E-state index in [0.29, 0.717) is 6.42 Å². The van der Waals surface area contributed by atoms with Crippen LogP contribution in [-0.4, -0.2) is 26.6 Å². The molecule has 1 atom stereocenters. The van der Waals surface area contributed by atoms with Gasteiger partial charge in [0.1, 0.15) is 18.0 Å².